The molecule has 0 heterocycles. The molecule has 1 rings (SSSR count). The summed E-state index contributed by atoms with van der Waals surface area (Å²) in [5, 5.41) is 3.54. The molecule has 1 aliphatic rings. The number of rotatable bonds is 5. The average Bonchev–Trinajstić information content (AvgIpc) is 2.50. The normalized spacial score (nSPS) is 19.4. The van der Waals surface area contributed by atoms with Gasteiger partial charge >= 0.3 is 0 Å². The van der Waals surface area contributed by atoms with Crippen molar-refractivity contribution in [2.24, 2.45) is 0 Å². The summed E-state index contributed by atoms with van der Waals surface area (Å²) in [6, 6.07) is 0.812. The largest absolute Gasteiger partial charge is 0.385 e. The molecule has 0 spiro atoms. The molecule has 11 heavy (non-hydrogen) atoms. The summed E-state index contributed by atoms with van der Waals surface area (Å²) in [5.41, 5.74) is 0. The van der Waals surface area contributed by atoms with Crippen molar-refractivity contribution in [3.05, 3.63) is 0 Å². The monoisotopic (exact) mass is 157 g/mol. The molecule has 0 aromatic rings. The maximum atomic E-state index is 4.97. The van der Waals surface area contributed by atoms with E-state index in [-0.39, 0.29) is 0 Å². The van der Waals surface area contributed by atoms with Gasteiger partial charge in [-0.2, -0.15) is 0 Å². The molecule has 0 radical (unpaired) electrons. The van der Waals surface area contributed by atoms with Crippen molar-refractivity contribution in [2.75, 3.05) is 20.3 Å². The van der Waals surface area contributed by atoms with Gasteiger partial charge in [0.2, 0.25) is 0 Å². The van der Waals surface area contributed by atoms with E-state index >= 15 is 0 Å². The van der Waals surface area contributed by atoms with Crippen LogP contribution in [0.4, 0.5) is 0 Å². The van der Waals surface area contributed by atoms with Gasteiger partial charge in [0, 0.05) is 19.8 Å². The quantitative estimate of drug-likeness (QED) is 0.611. The maximum Gasteiger partial charge on any atom is 0.0474 e. The third-order valence-electron chi connectivity index (χ3n) is 2.31. The Hall–Kier alpha value is -0.0800. The highest BCUT2D eigenvalue weighted by atomic mass is 16.5. The van der Waals surface area contributed by atoms with Gasteiger partial charge in [0.15, 0.2) is 0 Å². The Morgan fingerprint density at radius 3 is 2.73 bits per heavy atom. The Labute approximate surface area is 69.3 Å². The molecule has 1 N–H and O–H groups in total. The van der Waals surface area contributed by atoms with Gasteiger partial charge < -0.3 is 10.1 Å². The zero-order chi connectivity index (χ0) is 7.94. The van der Waals surface area contributed by atoms with Gasteiger partial charge in [-0.3, -0.25) is 0 Å². The summed E-state index contributed by atoms with van der Waals surface area (Å²) in [5.74, 6) is 0. The van der Waals surface area contributed by atoms with E-state index in [1.165, 1.54) is 25.7 Å². The molecule has 0 aliphatic heterocycles. The van der Waals surface area contributed by atoms with Crippen molar-refractivity contribution >= 4 is 0 Å². The lowest BCUT2D eigenvalue weighted by atomic mass is 10.2. The van der Waals surface area contributed by atoms with Gasteiger partial charge in [-0.25, -0.2) is 0 Å². The molecule has 66 valence electrons. The van der Waals surface area contributed by atoms with E-state index in [2.05, 4.69) is 5.32 Å². The summed E-state index contributed by atoms with van der Waals surface area (Å²) in [6.45, 7) is 2.01. The molecule has 0 aromatic heterocycles. The number of hydrogen-bond donors (Lipinski definition) is 1. The van der Waals surface area contributed by atoms with E-state index < -0.39 is 0 Å². The molecular weight excluding hydrogens is 138 g/mol. The lowest BCUT2D eigenvalue weighted by Gasteiger charge is -2.10. The highest BCUT2D eigenvalue weighted by molar-refractivity contribution is 4.72. The number of hydrogen-bond acceptors (Lipinski definition) is 2. The first kappa shape index (κ1) is 9.01. The fourth-order valence-corrected chi connectivity index (χ4v) is 1.65. The smallest absolute Gasteiger partial charge is 0.0474 e. The molecule has 0 atom stereocenters. The van der Waals surface area contributed by atoms with E-state index in [1.807, 2.05) is 0 Å². The molecule has 1 fully saturated rings. The van der Waals surface area contributed by atoms with Crippen LogP contribution in [0.3, 0.4) is 0 Å². The predicted molar refractivity (Wildman–Crippen MR) is 46.8 cm³/mol. The highest BCUT2D eigenvalue weighted by Crippen LogP contribution is 2.17. The molecule has 2 nitrogen and oxygen atoms in total. The van der Waals surface area contributed by atoms with Crippen LogP contribution in [0.5, 0.6) is 0 Å². The number of ether oxygens (including phenoxy) is 1. The van der Waals surface area contributed by atoms with Gasteiger partial charge in [0.25, 0.3) is 0 Å². The molecule has 0 bridgehead atoms. The van der Waals surface area contributed by atoms with Crippen molar-refractivity contribution < 1.29 is 4.74 Å². The molecule has 1 aliphatic carbocycles. The molecule has 1 saturated carbocycles. The molecule has 0 amide bonds. The van der Waals surface area contributed by atoms with E-state index in [9.17, 15) is 0 Å². The van der Waals surface area contributed by atoms with Crippen LogP contribution in [-0.4, -0.2) is 26.3 Å². The van der Waals surface area contributed by atoms with Gasteiger partial charge in [-0.1, -0.05) is 12.8 Å². The van der Waals surface area contributed by atoms with Gasteiger partial charge in [0.1, 0.15) is 0 Å². The van der Waals surface area contributed by atoms with Crippen LogP contribution in [0.1, 0.15) is 32.1 Å². The fraction of sp³-hybridized carbons (Fsp3) is 1.00. The van der Waals surface area contributed by atoms with E-state index in [0.29, 0.717) is 0 Å². The average molecular weight is 157 g/mol. The first-order valence-electron chi connectivity index (χ1n) is 4.66. The molecule has 0 unspecified atom stereocenters. The zero-order valence-electron chi connectivity index (χ0n) is 7.44. The topological polar surface area (TPSA) is 21.3 Å². The summed E-state index contributed by atoms with van der Waals surface area (Å²) in [6.07, 6.45) is 6.75. The van der Waals surface area contributed by atoms with Crippen molar-refractivity contribution in [3.63, 3.8) is 0 Å². The Balaban J connectivity index is 1.86. The first-order chi connectivity index (χ1) is 5.43. The van der Waals surface area contributed by atoms with E-state index in [0.717, 1.165) is 25.6 Å². The molecule has 0 saturated heterocycles. The van der Waals surface area contributed by atoms with E-state index in [4.69, 9.17) is 4.74 Å². The molecular formula is C9H19NO. The third kappa shape index (κ3) is 3.73. The van der Waals surface area contributed by atoms with E-state index in [1.54, 1.807) is 7.11 Å². The van der Waals surface area contributed by atoms with Gasteiger partial charge in [-0.15, -0.1) is 0 Å². The van der Waals surface area contributed by atoms with Crippen LogP contribution in [0.2, 0.25) is 0 Å². The van der Waals surface area contributed by atoms with Crippen LogP contribution >= 0.6 is 0 Å². The molecule has 2 heteroatoms. The van der Waals surface area contributed by atoms with Crippen LogP contribution in [0.15, 0.2) is 0 Å². The van der Waals surface area contributed by atoms with Gasteiger partial charge in [0.05, 0.1) is 0 Å². The number of methoxy groups -OCH3 is 1. The van der Waals surface area contributed by atoms with Crippen LogP contribution in [0, 0.1) is 0 Å². The van der Waals surface area contributed by atoms with Gasteiger partial charge in [-0.05, 0) is 25.8 Å². The van der Waals surface area contributed by atoms with Crippen LogP contribution < -0.4 is 5.32 Å². The fourth-order valence-electron chi connectivity index (χ4n) is 1.65. The SMILES string of the molecule is COCCCNC1CCCC1. The van der Waals surface area contributed by atoms with Crippen LogP contribution in [0.25, 0.3) is 0 Å². The summed E-state index contributed by atoms with van der Waals surface area (Å²) >= 11 is 0. The lowest BCUT2D eigenvalue weighted by Crippen LogP contribution is -2.27. The zero-order valence-corrected chi connectivity index (χ0v) is 7.44. The lowest BCUT2D eigenvalue weighted by molar-refractivity contribution is 0.193. The first-order valence-corrected chi connectivity index (χ1v) is 4.66. The Morgan fingerprint density at radius 2 is 2.09 bits per heavy atom. The van der Waals surface area contributed by atoms with Crippen molar-refractivity contribution in [1.82, 2.24) is 5.32 Å². The standard InChI is InChI=1S/C9H19NO/c1-11-8-4-7-10-9-5-2-3-6-9/h9-10H,2-8H2,1H3. The minimum Gasteiger partial charge on any atom is -0.385 e. The predicted octanol–water partition coefficient (Wildman–Crippen LogP) is 1.56. The maximum absolute atomic E-state index is 4.97. The third-order valence-corrected chi connectivity index (χ3v) is 2.31. The minimum absolute atomic E-state index is 0.812. The second-order valence-electron chi connectivity index (χ2n) is 3.28. The Kier molecular flexibility index (Phi) is 4.55. The minimum atomic E-state index is 0.812. The molecule has 0 aromatic carbocycles. The van der Waals surface area contributed by atoms with Crippen molar-refractivity contribution in [3.8, 4) is 0 Å². The van der Waals surface area contributed by atoms with Crippen molar-refractivity contribution in [2.45, 2.75) is 38.1 Å². The number of nitrogens with one attached hydrogen (secondary N) is 1. The summed E-state index contributed by atoms with van der Waals surface area (Å²) in [4.78, 5) is 0. The summed E-state index contributed by atoms with van der Waals surface area (Å²) in [7, 11) is 1.76. The Morgan fingerprint density at radius 1 is 1.36 bits per heavy atom. The van der Waals surface area contributed by atoms with Crippen molar-refractivity contribution in [1.29, 1.82) is 0 Å². The Bertz CT molecular complexity index is 89.6. The second kappa shape index (κ2) is 5.56. The summed E-state index contributed by atoms with van der Waals surface area (Å²) < 4.78 is 4.97. The highest BCUT2D eigenvalue weighted by Gasteiger charge is 2.12. The van der Waals surface area contributed by atoms with Crippen LogP contribution in [-0.2, 0) is 4.74 Å². The second-order valence-corrected chi connectivity index (χ2v) is 3.28.